The highest BCUT2D eigenvalue weighted by Crippen LogP contribution is 2.39. The van der Waals surface area contributed by atoms with Crippen LogP contribution >= 0.6 is 0 Å². The quantitative estimate of drug-likeness (QED) is 0.838. The molecule has 21 heavy (non-hydrogen) atoms. The van der Waals surface area contributed by atoms with Crippen LogP contribution in [0.25, 0.3) is 5.69 Å². The smallest absolute Gasteiger partial charge is 0.253 e. The summed E-state index contributed by atoms with van der Waals surface area (Å²) in [6.07, 6.45) is 4.47. The lowest BCUT2D eigenvalue weighted by Gasteiger charge is -2.40. The highest BCUT2D eigenvalue weighted by Gasteiger charge is 2.36. The average Bonchev–Trinajstić information content (AvgIpc) is 3.00. The Bertz CT molecular complexity index is 617. The number of carbonyl (C=O) groups is 1. The lowest BCUT2D eigenvalue weighted by atomic mass is 9.69. The summed E-state index contributed by atoms with van der Waals surface area (Å²) >= 11 is 0. The first kappa shape index (κ1) is 13.7. The summed E-state index contributed by atoms with van der Waals surface area (Å²) < 4.78 is 1.46. The van der Waals surface area contributed by atoms with Crippen LogP contribution in [0.15, 0.2) is 30.6 Å². The molecular formula is C14H17N5O2. The van der Waals surface area contributed by atoms with Gasteiger partial charge in [-0.25, -0.2) is 0 Å². The van der Waals surface area contributed by atoms with Crippen LogP contribution in [0.3, 0.4) is 0 Å². The number of hydrogen-bond acceptors (Lipinski definition) is 5. The third-order valence-electron chi connectivity index (χ3n) is 4.12. The van der Waals surface area contributed by atoms with Crippen LogP contribution in [0, 0.1) is 5.41 Å². The van der Waals surface area contributed by atoms with Gasteiger partial charge < -0.3 is 10.4 Å². The van der Waals surface area contributed by atoms with Gasteiger partial charge in [-0.1, -0.05) is 18.6 Å². The van der Waals surface area contributed by atoms with Crippen LogP contribution in [0.4, 0.5) is 0 Å². The molecule has 0 aliphatic heterocycles. The van der Waals surface area contributed by atoms with Gasteiger partial charge in [0.2, 0.25) is 0 Å². The van der Waals surface area contributed by atoms with E-state index in [2.05, 4.69) is 20.8 Å². The van der Waals surface area contributed by atoms with Gasteiger partial charge in [0, 0.05) is 12.0 Å². The molecule has 1 aromatic heterocycles. The molecule has 7 heteroatoms. The van der Waals surface area contributed by atoms with Crippen molar-refractivity contribution in [2.45, 2.75) is 19.3 Å². The van der Waals surface area contributed by atoms with Crippen molar-refractivity contribution in [2.24, 2.45) is 5.41 Å². The van der Waals surface area contributed by atoms with Crippen molar-refractivity contribution in [3.05, 3.63) is 36.2 Å². The Hall–Kier alpha value is -2.28. The van der Waals surface area contributed by atoms with Crippen molar-refractivity contribution in [2.75, 3.05) is 13.2 Å². The first-order chi connectivity index (χ1) is 10.2. The normalized spacial score (nSPS) is 16.2. The predicted octanol–water partition coefficient (Wildman–Crippen LogP) is 0.555. The lowest BCUT2D eigenvalue weighted by molar-refractivity contribution is 0.0429. The van der Waals surface area contributed by atoms with Gasteiger partial charge in [-0.2, -0.15) is 4.68 Å². The molecule has 1 saturated carbocycles. The van der Waals surface area contributed by atoms with Gasteiger partial charge in [-0.05, 0) is 35.4 Å². The standard InChI is InChI=1S/C14H17N5O2/c20-9-14(6-3-7-14)8-15-13(21)11-4-1-2-5-12(11)19-10-16-17-18-19/h1-2,4-5,10,20H,3,6-9H2,(H,15,21). The Morgan fingerprint density at radius 3 is 2.81 bits per heavy atom. The summed E-state index contributed by atoms with van der Waals surface area (Å²) in [6, 6.07) is 7.15. The molecule has 0 bridgehead atoms. The zero-order chi connectivity index (χ0) is 14.7. The van der Waals surface area contributed by atoms with E-state index in [1.807, 2.05) is 6.07 Å². The Labute approximate surface area is 122 Å². The van der Waals surface area contributed by atoms with Crippen molar-refractivity contribution in [1.29, 1.82) is 0 Å². The summed E-state index contributed by atoms with van der Waals surface area (Å²) in [5, 5.41) is 23.3. The number of carbonyl (C=O) groups excluding carboxylic acids is 1. The first-order valence-electron chi connectivity index (χ1n) is 6.96. The van der Waals surface area contributed by atoms with E-state index in [1.165, 1.54) is 11.0 Å². The number of nitrogens with zero attached hydrogens (tertiary/aromatic N) is 4. The predicted molar refractivity (Wildman–Crippen MR) is 74.9 cm³/mol. The molecule has 1 heterocycles. The summed E-state index contributed by atoms with van der Waals surface area (Å²) in [5.74, 6) is -0.180. The van der Waals surface area contributed by atoms with Gasteiger partial charge in [-0.15, -0.1) is 5.10 Å². The van der Waals surface area contributed by atoms with Crippen LogP contribution in [0.2, 0.25) is 0 Å². The monoisotopic (exact) mass is 287 g/mol. The molecule has 1 amide bonds. The van der Waals surface area contributed by atoms with Crippen molar-refractivity contribution in [3.63, 3.8) is 0 Å². The number of benzene rings is 1. The van der Waals surface area contributed by atoms with Crippen LogP contribution in [-0.4, -0.2) is 44.4 Å². The lowest BCUT2D eigenvalue weighted by Crippen LogP contribution is -2.44. The number of aliphatic hydroxyl groups excluding tert-OH is 1. The molecule has 0 atom stereocenters. The van der Waals surface area contributed by atoms with Crippen molar-refractivity contribution >= 4 is 5.91 Å². The van der Waals surface area contributed by atoms with E-state index >= 15 is 0 Å². The molecule has 7 nitrogen and oxygen atoms in total. The van der Waals surface area contributed by atoms with Gasteiger partial charge >= 0.3 is 0 Å². The molecule has 0 spiro atoms. The number of tetrazole rings is 1. The molecule has 2 N–H and O–H groups in total. The van der Waals surface area contributed by atoms with Crippen molar-refractivity contribution < 1.29 is 9.90 Å². The van der Waals surface area contributed by atoms with Gasteiger partial charge in [0.1, 0.15) is 6.33 Å². The van der Waals surface area contributed by atoms with Crippen molar-refractivity contribution in [3.8, 4) is 5.69 Å². The molecular weight excluding hydrogens is 270 g/mol. The second kappa shape index (κ2) is 5.61. The fourth-order valence-electron chi connectivity index (χ4n) is 2.57. The first-order valence-corrected chi connectivity index (χ1v) is 6.96. The molecule has 1 aromatic carbocycles. The van der Waals surface area contributed by atoms with Gasteiger partial charge in [0.05, 0.1) is 17.9 Å². The molecule has 0 radical (unpaired) electrons. The van der Waals surface area contributed by atoms with Gasteiger partial charge in [0.15, 0.2) is 0 Å². The Morgan fingerprint density at radius 2 is 2.19 bits per heavy atom. The Morgan fingerprint density at radius 1 is 1.38 bits per heavy atom. The minimum Gasteiger partial charge on any atom is -0.396 e. The fraction of sp³-hybridized carbons (Fsp3) is 0.429. The second-order valence-corrected chi connectivity index (χ2v) is 5.47. The zero-order valence-electron chi connectivity index (χ0n) is 11.6. The number of amides is 1. The minimum atomic E-state index is -0.180. The number of rotatable bonds is 5. The third kappa shape index (κ3) is 2.64. The van der Waals surface area contributed by atoms with Crippen LogP contribution in [0.5, 0.6) is 0 Å². The largest absolute Gasteiger partial charge is 0.396 e. The van der Waals surface area contributed by atoms with Gasteiger partial charge in [-0.3, -0.25) is 4.79 Å². The molecule has 2 aromatic rings. The van der Waals surface area contributed by atoms with E-state index in [0.717, 1.165) is 19.3 Å². The van der Waals surface area contributed by atoms with E-state index in [4.69, 9.17) is 0 Å². The highest BCUT2D eigenvalue weighted by molar-refractivity contribution is 5.97. The molecule has 1 fully saturated rings. The summed E-state index contributed by atoms with van der Waals surface area (Å²) in [6.45, 7) is 0.605. The summed E-state index contributed by atoms with van der Waals surface area (Å²) in [7, 11) is 0. The van der Waals surface area contributed by atoms with Gasteiger partial charge in [0.25, 0.3) is 5.91 Å². The molecule has 1 aliphatic rings. The summed E-state index contributed by atoms with van der Waals surface area (Å²) in [4.78, 5) is 12.4. The maximum absolute atomic E-state index is 12.4. The third-order valence-corrected chi connectivity index (χ3v) is 4.12. The summed E-state index contributed by atoms with van der Waals surface area (Å²) in [5.41, 5.74) is 1.00. The zero-order valence-corrected chi connectivity index (χ0v) is 11.6. The van der Waals surface area contributed by atoms with Crippen LogP contribution in [0.1, 0.15) is 29.6 Å². The highest BCUT2D eigenvalue weighted by atomic mass is 16.3. The number of aromatic nitrogens is 4. The fourth-order valence-corrected chi connectivity index (χ4v) is 2.57. The van der Waals surface area contributed by atoms with E-state index in [-0.39, 0.29) is 17.9 Å². The van der Waals surface area contributed by atoms with Crippen LogP contribution < -0.4 is 5.32 Å². The molecule has 0 unspecified atom stereocenters. The maximum Gasteiger partial charge on any atom is 0.253 e. The van der Waals surface area contributed by atoms with Crippen molar-refractivity contribution in [1.82, 2.24) is 25.5 Å². The molecule has 0 saturated heterocycles. The minimum absolute atomic E-state index is 0.113. The molecule has 3 rings (SSSR count). The van der Waals surface area contributed by atoms with E-state index < -0.39 is 0 Å². The molecule has 110 valence electrons. The number of hydrogen-bond donors (Lipinski definition) is 2. The Kier molecular flexibility index (Phi) is 3.66. The topological polar surface area (TPSA) is 92.9 Å². The number of para-hydroxylation sites is 1. The number of nitrogens with one attached hydrogen (secondary N) is 1. The second-order valence-electron chi connectivity index (χ2n) is 5.47. The van der Waals surface area contributed by atoms with E-state index in [1.54, 1.807) is 18.2 Å². The van der Waals surface area contributed by atoms with E-state index in [9.17, 15) is 9.90 Å². The maximum atomic E-state index is 12.4. The molecule has 1 aliphatic carbocycles. The number of aliphatic hydroxyl groups is 1. The average molecular weight is 287 g/mol. The Balaban J connectivity index is 1.76. The van der Waals surface area contributed by atoms with Crippen LogP contribution in [-0.2, 0) is 0 Å². The van der Waals surface area contributed by atoms with E-state index in [0.29, 0.717) is 17.8 Å². The SMILES string of the molecule is O=C(NCC1(CO)CCC1)c1ccccc1-n1cnnn1.